The highest BCUT2D eigenvalue weighted by Crippen LogP contribution is 1.54. The number of hydrogen-bond acceptors (Lipinski definition) is 1. The maximum absolute atomic E-state index is 5.09. The summed E-state index contributed by atoms with van der Waals surface area (Å²) in [4.78, 5) is 0. The van der Waals surface area contributed by atoms with E-state index in [4.69, 9.17) is 5.84 Å². The van der Waals surface area contributed by atoms with Gasteiger partial charge in [0.2, 0.25) is 0 Å². The van der Waals surface area contributed by atoms with Gasteiger partial charge in [-0.3, -0.25) is 9.89 Å². The van der Waals surface area contributed by atoms with Crippen LogP contribution < -0.4 is 16.6 Å². The molecule has 4 nitrogen and oxygen atoms in total. The Morgan fingerprint density at radius 1 is 1.50 bits per heavy atom. The van der Waals surface area contributed by atoms with E-state index in [1.807, 2.05) is 18.7 Å². The Labute approximate surface area is 49.3 Å². The summed E-state index contributed by atoms with van der Waals surface area (Å²) in [6, 6.07) is 0. The van der Waals surface area contributed by atoms with Gasteiger partial charge in [0, 0.05) is 0 Å². The molecule has 0 amide bonds. The summed E-state index contributed by atoms with van der Waals surface area (Å²) >= 11 is 0. The molecule has 0 aliphatic rings. The van der Waals surface area contributed by atoms with Crippen molar-refractivity contribution in [3.63, 3.8) is 0 Å². The van der Waals surface area contributed by atoms with Gasteiger partial charge in [-0.15, -0.1) is 0 Å². The number of nitrogens with one attached hydrogen (secondary N) is 2. The van der Waals surface area contributed by atoms with Crippen molar-refractivity contribution >= 4 is 5.96 Å². The summed E-state index contributed by atoms with van der Waals surface area (Å²) in [6.45, 7) is 0. The summed E-state index contributed by atoms with van der Waals surface area (Å²) in [5, 5.41) is 2.86. The standard InChI is InChI=1S/C4H12N4/c1-6-4(7-5)8(2)3/h5H2,1-3H3,(H,6,7)/p+1. The van der Waals surface area contributed by atoms with Crippen LogP contribution in [0.1, 0.15) is 0 Å². The van der Waals surface area contributed by atoms with E-state index in [0.717, 1.165) is 5.96 Å². The second-order valence-corrected chi connectivity index (χ2v) is 1.64. The van der Waals surface area contributed by atoms with Crippen molar-refractivity contribution in [3.8, 4) is 0 Å². The lowest BCUT2D eigenvalue weighted by atomic mass is 10.9. The van der Waals surface area contributed by atoms with Gasteiger partial charge in [-0.1, -0.05) is 0 Å². The monoisotopic (exact) mass is 117 g/mol. The van der Waals surface area contributed by atoms with Crippen LogP contribution in [0.25, 0.3) is 0 Å². The van der Waals surface area contributed by atoms with E-state index in [9.17, 15) is 0 Å². The summed E-state index contributed by atoms with van der Waals surface area (Å²) < 4.78 is 1.85. The smallest absolute Gasteiger partial charge is 0.279 e. The van der Waals surface area contributed by atoms with Crippen LogP contribution in [0.4, 0.5) is 0 Å². The molecule has 0 heterocycles. The quantitative estimate of drug-likeness (QED) is 0.116. The Bertz CT molecular complexity index is 86.2. The lowest BCUT2D eigenvalue weighted by Gasteiger charge is -1.98. The predicted molar refractivity (Wildman–Crippen MR) is 33.5 cm³/mol. The minimum Gasteiger partial charge on any atom is -0.279 e. The van der Waals surface area contributed by atoms with Gasteiger partial charge in [0.1, 0.15) is 0 Å². The molecule has 0 fully saturated rings. The van der Waals surface area contributed by atoms with Crippen molar-refractivity contribution in [2.45, 2.75) is 0 Å². The molecule has 0 rings (SSSR count). The highest BCUT2D eigenvalue weighted by atomic mass is 15.3. The minimum atomic E-state index is 0.796. The van der Waals surface area contributed by atoms with E-state index in [0.29, 0.717) is 0 Å². The van der Waals surface area contributed by atoms with Gasteiger partial charge in [-0.05, 0) is 0 Å². The van der Waals surface area contributed by atoms with Crippen LogP contribution in [0, 0.1) is 0 Å². The first kappa shape index (κ1) is 7.23. The third kappa shape index (κ3) is 1.79. The first-order chi connectivity index (χ1) is 3.72. The molecule has 0 aromatic carbocycles. The molecule has 48 valence electrons. The third-order valence-electron chi connectivity index (χ3n) is 0.821. The molecule has 0 radical (unpaired) electrons. The predicted octanol–water partition coefficient (Wildman–Crippen LogP) is -1.70. The van der Waals surface area contributed by atoms with E-state index in [1.54, 1.807) is 7.05 Å². The van der Waals surface area contributed by atoms with E-state index < -0.39 is 0 Å². The molecule has 4 heteroatoms. The van der Waals surface area contributed by atoms with E-state index in [-0.39, 0.29) is 0 Å². The lowest BCUT2D eigenvalue weighted by Crippen LogP contribution is -2.44. The molecule has 0 saturated carbocycles. The minimum absolute atomic E-state index is 0.796. The van der Waals surface area contributed by atoms with Gasteiger partial charge >= 0.3 is 5.96 Å². The second kappa shape index (κ2) is 3.26. The van der Waals surface area contributed by atoms with Crippen LogP contribution in [-0.2, 0) is 0 Å². The largest absolute Gasteiger partial charge is 0.362 e. The fraction of sp³-hybridized carbons (Fsp3) is 0.750. The summed E-state index contributed by atoms with van der Waals surface area (Å²) in [5.41, 5.74) is 2.48. The molecule has 4 N–H and O–H groups in total. The van der Waals surface area contributed by atoms with Gasteiger partial charge in [-0.2, -0.15) is 5.84 Å². The number of hydrazine groups is 1. The topological polar surface area (TPSA) is 53.1 Å². The zero-order chi connectivity index (χ0) is 6.57. The number of nitrogens with two attached hydrogens (primary N) is 1. The van der Waals surface area contributed by atoms with E-state index in [2.05, 4.69) is 10.7 Å². The Morgan fingerprint density at radius 3 is 2.00 bits per heavy atom. The van der Waals surface area contributed by atoms with Crippen molar-refractivity contribution in [1.82, 2.24) is 10.7 Å². The zero-order valence-corrected chi connectivity index (χ0v) is 5.52. The number of rotatable bonds is 0. The maximum atomic E-state index is 5.09. The number of guanidine groups is 1. The first-order valence-electron chi connectivity index (χ1n) is 2.41. The van der Waals surface area contributed by atoms with Crippen LogP contribution in [0.15, 0.2) is 0 Å². The molecule has 0 aromatic heterocycles. The van der Waals surface area contributed by atoms with Crippen molar-refractivity contribution in [3.05, 3.63) is 0 Å². The Morgan fingerprint density at radius 2 is 2.00 bits per heavy atom. The Kier molecular flexibility index (Phi) is 2.95. The highest BCUT2D eigenvalue weighted by molar-refractivity contribution is 5.73. The first-order valence-corrected chi connectivity index (χ1v) is 2.41. The molecular weight excluding hydrogens is 104 g/mol. The van der Waals surface area contributed by atoms with Crippen molar-refractivity contribution in [2.24, 2.45) is 5.84 Å². The lowest BCUT2D eigenvalue weighted by molar-refractivity contribution is -0.468. The maximum Gasteiger partial charge on any atom is 0.362 e. The third-order valence-corrected chi connectivity index (χ3v) is 0.821. The molecule has 0 bridgehead atoms. The van der Waals surface area contributed by atoms with Crippen LogP contribution in [0.2, 0.25) is 0 Å². The van der Waals surface area contributed by atoms with Gasteiger partial charge in [0.25, 0.3) is 0 Å². The number of hydrogen-bond donors (Lipinski definition) is 3. The molecule has 8 heavy (non-hydrogen) atoms. The van der Waals surface area contributed by atoms with Crippen LogP contribution in [0.3, 0.4) is 0 Å². The molecule has 0 unspecified atom stereocenters. The van der Waals surface area contributed by atoms with Gasteiger partial charge in [-0.25, -0.2) is 5.43 Å². The molecular formula is C4H13N4+. The van der Waals surface area contributed by atoms with Crippen LogP contribution in [-0.4, -0.2) is 31.7 Å². The zero-order valence-electron chi connectivity index (χ0n) is 5.52. The Balaban J connectivity index is 3.86. The summed E-state index contributed by atoms with van der Waals surface area (Å²) in [5.74, 6) is 5.89. The van der Waals surface area contributed by atoms with Crippen LogP contribution >= 0.6 is 0 Å². The Hall–Kier alpha value is -0.770. The van der Waals surface area contributed by atoms with E-state index in [1.165, 1.54) is 0 Å². The molecule has 0 aromatic rings. The fourth-order valence-electron chi connectivity index (χ4n) is 0.425. The summed E-state index contributed by atoms with van der Waals surface area (Å²) in [6.07, 6.45) is 0. The van der Waals surface area contributed by atoms with Crippen molar-refractivity contribution < 1.29 is 4.58 Å². The average molecular weight is 117 g/mol. The van der Waals surface area contributed by atoms with Crippen molar-refractivity contribution in [1.29, 1.82) is 0 Å². The molecule has 0 saturated heterocycles. The van der Waals surface area contributed by atoms with Crippen molar-refractivity contribution in [2.75, 3.05) is 21.1 Å². The average Bonchev–Trinajstić information content (AvgIpc) is 1.69. The van der Waals surface area contributed by atoms with Gasteiger partial charge in [0.15, 0.2) is 0 Å². The fourth-order valence-corrected chi connectivity index (χ4v) is 0.425. The van der Waals surface area contributed by atoms with Gasteiger partial charge < -0.3 is 0 Å². The van der Waals surface area contributed by atoms with Crippen LogP contribution in [0.5, 0.6) is 0 Å². The molecule has 0 atom stereocenters. The molecule has 0 aliphatic heterocycles. The number of nitrogens with zero attached hydrogens (tertiary/aromatic N) is 1. The van der Waals surface area contributed by atoms with E-state index >= 15 is 0 Å². The summed E-state index contributed by atoms with van der Waals surface area (Å²) in [7, 11) is 5.59. The van der Waals surface area contributed by atoms with Gasteiger partial charge in [0.05, 0.1) is 21.1 Å². The second-order valence-electron chi connectivity index (χ2n) is 1.64. The molecule has 0 spiro atoms. The SMILES string of the molecule is CNC(NN)=[N+](C)C. The highest BCUT2D eigenvalue weighted by Gasteiger charge is 1.96. The molecule has 0 aliphatic carbocycles. The normalized spacial score (nSPS) is 8.00.